The van der Waals surface area contributed by atoms with Crippen molar-refractivity contribution in [3.05, 3.63) is 206 Å². The Kier molecular flexibility index (Phi) is 15.1. The van der Waals surface area contributed by atoms with Gasteiger partial charge in [-0.25, -0.2) is 33.3 Å². The van der Waals surface area contributed by atoms with E-state index in [1.54, 1.807) is 62.6 Å². The van der Waals surface area contributed by atoms with Gasteiger partial charge in [-0.2, -0.15) is 0 Å². The Morgan fingerprint density at radius 3 is 1.43 bits per heavy atom. The zero-order chi connectivity index (χ0) is 50.6. The van der Waals surface area contributed by atoms with Gasteiger partial charge < -0.3 is 20.8 Å². The fourth-order valence-electron chi connectivity index (χ4n) is 7.35. The second kappa shape index (κ2) is 21.2. The van der Waals surface area contributed by atoms with E-state index in [1.807, 2.05) is 0 Å². The first-order chi connectivity index (χ1) is 33.4. The van der Waals surface area contributed by atoms with Crippen LogP contribution in [0.3, 0.4) is 0 Å². The van der Waals surface area contributed by atoms with Gasteiger partial charge in [-0.15, -0.1) is 0 Å². The van der Waals surface area contributed by atoms with Crippen molar-refractivity contribution in [2.75, 3.05) is 0 Å². The van der Waals surface area contributed by atoms with Crippen LogP contribution in [0.4, 0.5) is 0 Å². The Morgan fingerprint density at radius 2 is 0.986 bits per heavy atom. The van der Waals surface area contributed by atoms with Gasteiger partial charge in [0.25, 0.3) is 22.9 Å². The zero-order valence-electron chi connectivity index (χ0n) is 36.5. The number of carboxylic acids is 2. The van der Waals surface area contributed by atoms with Crippen molar-refractivity contribution in [2.45, 2.75) is 24.9 Å². The Morgan fingerprint density at radius 1 is 0.557 bits per heavy atom. The van der Waals surface area contributed by atoms with Gasteiger partial charge in [-0.05, 0) is 77.9 Å². The molecule has 2 amide bonds. The molecule has 356 valence electrons. The summed E-state index contributed by atoms with van der Waals surface area (Å²) in [5.41, 5.74) is 0.505. The molecular formula is C48H36Cl4N8O10. The van der Waals surface area contributed by atoms with Crippen molar-refractivity contribution < 1.29 is 29.4 Å². The van der Waals surface area contributed by atoms with Crippen molar-refractivity contribution in [1.82, 2.24) is 38.9 Å². The van der Waals surface area contributed by atoms with Crippen LogP contribution < -0.4 is 33.1 Å². The second-order valence-electron chi connectivity index (χ2n) is 15.4. The summed E-state index contributed by atoms with van der Waals surface area (Å²) >= 11 is 24.2. The lowest BCUT2D eigenvalue weighted by molar-refractivity contribution is -0.140. The van der Waals surface area contributed by atoms with Crippen LogP contribution in [0.5, 0.6) is 0 Å². The lowest BCUT2D eigenvalue weighted by Gasteiger charge is -2.16. The molecule has 0 aliphatic heterocycles. The van der Waals surface area contributed by atoms with Crippen LogP contribution in [0.15, 0.2) is 141 Å². The average molecular weight is 1030 g/mol. The SMILES string of the molecule is Cn1c(=O)n(-c2ccc(C[C@H](NC(=O)c3c(Cl)cccc3Cl)C(=O)O)cc2)c(=O)c2ccncc21.Cn1c(=O)n(-c2ccc(C[C@H](NC(=O)c3c(Cl)cccc3Cl)C(=O)O)cc2)c(=O)c2ncccc21. The molecular weight excluding hydrogens is 990 g/mol. The smallest absolute Gasteiger partial charge is 0.335 e. The van der Waals surface area contributed by atoms with Crippen LogP contribution in [-0.4, -0.2) is 74.3 Å². The number of carbonyl (C=O) groups is 4. The lowest BCUT2D eigenvalue weighted by Crippen LogP contribution is -2.42. The number of aryl methyl sites for hydroxylation is 2. The van der Waals surface area contributed by atoms with Crippen LogP contribution in [-0.2, 0) is 36.5 Å². The predicted molar refractivity (Wildman–Crippen MR) is 263 cm³/mol. The van der Waals surface area contributed by atoms with Crippen molar-refractivity contribution in [3.63, 3.8) is 0 Å². The number of pyridine rings is 2. The molecule has 4 N–H and O–H groups in total. The molecule has 0 fully saturated rings. The molecule has 8 rings (SSSR count). The molecule has 4 heterocycles. The maximum absolute atomic E-state index is 12.9. The van der Waals surface area contributed by atoms with E-state index >= 15 is 0 Å². The molecule has 0 spiro atoms. The molecule has 0 saturated carbocycles. The van der Waals surface area contributed by atoms with Crippen molar-refractivity contribution in [3.8, 4) is 11.4 Å². The quantitative estimate of drug-likeness (QED) is 0.116. The van der Waals surface area contributed by atoms with Gasteiger partial charge >= 0.3 is 23.3 Å². The van der Waals surface area contributed by atoms with E-state index in [2.05, 4.69) is 20.6 Å². The maximum atomic E-state index is 12.9. The van der Waals surface area contributed by atoms with E-state index in [-0.39, 0.29) is 49.6 Å². The predicted octanol–water partition coefficient (Wildman–Crippen LogP) is 5.63. The number of fused-ring (bicyclic) bond motifs is 2. The van der Waals surface area contributed by atoms with Gasteiger partial charge in [0.1, 0.15) is 12.1 Å². The number of nitrogens with one attached hydrogen (secondary N) is 2. The van der Waals surface area contributed by atoms with Gasteiger partial charge in [-0.1, -0.05) is 82.8 Å². The maximum Gasteiger partial charge on any atom is 0.335 e. The minimum absolute atomic E-state index is 0.0147. The Balaban J connectivity index is 0.000000206. The third-order valence-corrected chi connectivity index (χ3v) is 12.2. The highest BCUT2D eigenvalue weighted by Gasteiger charge is 2.26. The van der Waals surface area contributed by atoms with Crippen LogP contribution in [0.1, 0.15) is 31.8 Å². The monoisotopic (exact) mass is 1020 g/mol. The summed E-state index contributed by atoms with van der Waals surface area (Å²) < 4.78 is 4.68. The number of carbonyl (C=O) groups excluding carboxylic acids is 2. The number of rotatable bonds is 12. The summed E-state index contributed by atoms with van der Waals surface area (Å²) in [6, 6.07) is 23.8. The van der Waals surface area contributed by atoms with Crippen molar-refractivity contribution in [2.24, 2.45) is 14.1 Å². The fourth-order valence-corrected chi connectivity index (χ4v) is 8.49. The minimum atomic E-state index is -1.28. The second-order valence-corrected chi connectivity index (χ2v) is 17.0. The summed E-state index contributed by atoms with van der Waals surface area (Å²) in [7, 11) is 3.09. The van der Waals surface area contributed by atoms with Gasteiger partial charge in [0.05, 0.1) is 65.2 Å². The Bertz CT molecular complexity index is 3350. The number of amides is 2. The first-order valence-electron chi connectivity index (χ1n) is 20.6. The number of hydrogen-bond donors (Lipinski definition) is 4. The molecule has 18 nitrogen and oxygen atoms in total. The molecule has 0 aliphatic rings. The summed E-state index contributed by atoms with van der Waals surface area (Å²) in [5.74, 6) is -3.94. The zero-order valence-corrected chi connectivity index (χ0v) is 39.5. The molecule has 4 aromatic carbocycles. The highest BCUT2D eigenvalue weighted by atomic mass is 35.5. The Labute approximate surface area is 414 Å². The topological polar surface area (TPSA) is 247 Å². The molecule has 0 aliphatic carbocycles. The molecule has 22 heteroatoms. The molecule has 2 atom stereocenters. The Hall–Kier alpha value is -7.90. The van der Waals surface area contributed by atoms with E-state index in [1.165, 1.54) is 82.3 Å². The van der Waals surface area contributed by atoms with E-state index < -0.39 is 58.3 Å². The first-order valence-corrected chi connectivity index (χ1v) is 22.2. The van der Waals surface area contributed by atoms with Crippen LogP contribution in [0.2, 0.25) is 20.1 Å². The highest BCUT2D eigenvalue weighted by Crippen LogP contribution is 2.26. The molecule has 4 aromatic heterocycles. The third-order valence-electron chi connectivity index (χ3n) is 11.0. The molecule has 0 unspecified atom stereocenters. The van der Waals surface area contributed by atoms with Crippen molar-refractivity contribution >= 4 is 92.1 Å². The van der Waals surface area contributed by atoms with Gasteiger partial charge in [0.2, 0.25) is 0 Å². The summed E-state index contributed by atoms with van der Waals surface area (Å²) in [6.07, 6.45) is 4.27. The number of hydrogen-bond acceptors (Lipinski definition) is 10. The largest absolute Gasteiger partial charge is 0.480 e. The summed E-state index contributed by atoms with van der Waals surface area (Å²) in [4.78, 5) is 108. The highest BCUT2D eigenvalue weighted by molar-refractivity contribution is 6.40. The molecule has 0 saturated heterocycles. The number of benzene rings is 4. The number of halogens is 4. The van der Waals surface area contributed by atoms with Gasteiger partial charge in [0.15, 0.2) is 5.52 Å². The first kappa shape index (κ1) is 50.0. The number of carboxylic acid groups (broad SMARTS) is 2. The summed E-state index contributed by atoms with van der Waals surface area (Å²) in [5, 5.41) is 24.8. The van der Waals surface area contributed by atoms with Gasteiger partial charge in [-0.3, -0.25) is 33.3 Å². The number of aliphatic carboxylic acids is 2. The number of aromatic nitrogens is 6. The molecule has 0 bridgehead atoms. The third kappa shape index (κ3) is 10.4. The fraction of sp³-hybridized carbons (Fsp3) is 0.125. The number of nitrogens with zero attached hydrogens (tertiary/aromatic N) is 6. The van der Waals surface area contributed by atoms with E-state index in [9.17, 15) is 48.6 Å². The molecule has 70 heavy (non-hydrogen) atoms. The minimum Gasteiger partial charge on any atom is -0.480 e. The van der Waals surface area contributed by atoms with E-state index in [4.69, 9.17) is 46.4 Å². The molecule has 0 radical (unpaired) electrons. The van der Waals surface area contributed by atoms with Crippen LogP contribution >= 0.6 is 46.4 Å². The standard InChI is InChI=1S/2C24H18Cl2N4O5/c1-29-18-6-3-11-27-20(18)22(32)30(24(29)35)14-9-7-13(8-10-14)12-17(23(33)34)28-21(31)19-15(25)4-2-5-16(19)26;1-29-19-12-27-10-9-15(19)22(32)30(24(29)35)14-7-5-13(6-8-14)11-18(23(33)34)28-21(31)20-16(25)3-2-4-17(20)26/h2-11,17H,12H2,1H3,(H,28,31)(H,33,34);2-10,12,18H,11H2,1H3,(H,28,31)(H,33,34)/t17-;18-/m00/s1. The lowest BCUT2D eigenvalue weighted by atomic mass is 10.0. The van der Waals surface area contributed by atoms with Crippen LogP contribution in [0, 0.1) is 0 Å². The van der Waals surface area contributed by atoms with Gasteiger partial charge in [0, 0.05) is 39.3 Å². The van der Waals surface area contributed by atoms with Crippen LogP contribution in [0.25, 0.3) is 33.3 Å². The van der Waals surface area contributed by atoms with E-state index in [0.717, 1.165) is 9.13 Å². The normalized spacial score (nSPS) is 11.9. The molecule has 8 aromatic rings. The summed E-state index contributed by atoms with van der Waals surface area (Å²) in [6.45, 7) is 0. The average Bonchev–Trinajstić information content (AvgIpc) is 3.33. The van der Waals surface area contributed by atoms with E-state index in [0.29, 0.717) is 38.9 Å². The van der Waals surface area contributed by atoms with Crippen molar-refractivity contribution in [1.29, 1.82) is 0 Å².